The summed E-state index contributed by atoms with van der Waals surface area (Å²) in [6.45, 7) is 2.24. The van der Waals surface area contributed by atoms with Gasteiger partial charge in [0.15, 0.2) is 0 Å². The number of rotatable bonds is 7. The standard InChI is InChI=1S/C30H30F6/c1-2-3-19-4-6-20(7-5-19)8-9-21-10-12-24-22(16-21)11-13-25(29(24)33)23-17-27(31)26(28(32)18-23)14-15-30(34,35)36/h10-20H,2-9H2,1H3. The molecule has 0 N–H and O–H groups in total. The lowest BCUT2D eigenvalue weighted by molar-refractivity contribution is -0.0790. The maximum atomic E-state index is 15.3. The van der Waals surface area contributed by atoms with Gasteiger partial charge in [-0.3, -0.25) is 0 Å². The van der Waals surface area contributed by atoms with Gasteiger partial charge in [0.25, 0.3) is 0 Å². The molecular weight excluding hydrogens is 474 g/mol. The van der Waals surface area contributed by atoms with E-state index < -0.39 is 29.2 Å². The molecule has 1 fully saturated rings. The van der Waals surface area contributed by atoms with Crippen molar-refractivity contribution >= 4 is 16.8 Å². The fourth-order valence-corrected chi connectivity index (χ4v) is 5.38. The molecule has 0 unspecified atom stereocenters. The van der Waals surface area contributed by atoms with Crippen molar-refractivity contribution in [1.82, 2.24) is 0 Å². The molecule has 0 atom stereocenters. The van der Waals surface area contributed by atoms with Crippen molar-refractivity contribution in [2.24, 2.45) is 11.8 Å². The normalized spacial score (nSPS) is 18.9. The summed E-state index contributed by atoms with van der Waals surface area (Å²) in [7, 11) is 0. The van der Waals surface area contributed by atoms with Crippen LogP contribution in [-0.4, -0.2) is 6.18 Å². The zero-order chi connectivity index (χ0) is 25.9. The van der Waals surface area contributed by atoms with Crippen LogP contribution in [0, 0.1) is 29.3 Å². The predicted octanol–water partition coefficient (Wildman–Crippen LogP) is 10.0. The molecular formula is C30H30F6. The van der Waals surface area contributed by atoms with E-state index in [1.165, 1.54) is 44.6 Å². The lowest BCUT2D eigenvalue weighted by Gasteiger charge is -2.28. The van der Waals surface area contributed by atoms with Crippen molar-refractivity contribution in [2.75, 3.05) is 0 Å². The minimum Gasteiger partial charge on any atom is -0.206 e. The summed E-state index contributed by atoms with van der Waals surface area (Å²) in [5.41, 5.74) is 0.226. The second-order valence-electron chi connectivity index (χ2n) is 9.93. The summed E-state index contributed by atoms with van der Waals surface area (Å²) in [6.07, 6.45) is 5.17. The van der Waals surface area contributed by atoms with Gasteiger partial charge in [0.05, 0.1) is 0 Å². The van der Waals surface area contributed by atoms with Crippen molar-refractivity contribution in [3.05, 3.63) is 77.1 Å². The van der Waals surface area contributed by atoms with Gasteiger partial charge in [0.1, 0.15) is 17.5 Å². The van der Waals surface area contributed by atoms with E-state index in [1.54, 1.807) is 12.1 Å². The number of benzene rings is 3. The largest absolute Gasteiger partial charge is 0.409 e. The van der Waals surface area contributed by atoms with Crippen LogP contribution in [0.4, 0.5) is 26.3 Å². The van der Waals surface area contributed by atoms with Crippen LogP contribution in [0.3, 0.4) is 0 Å². The Bertz CT molecular complexity index is 1210. The minimum atomic E-state index is -4.70. The number of alkyl halides is 3. The van der Waals surface area contributed by atoms with E-state index in [2.05, 4.69) is 6.92 Å². The zero-order valence-electron chi connectivity index (χ0n) is 20.3. The molecule has 3 aromatic carbocycles. The van der Waals surface area contributed by atoms with Crippen LogP contribution < -0.4 is 0 Å². The summed E-state index contributed by atoms with van der Waals surface area (Å²) < 4.78 is 81.2. The third-order valence-corrected chi connectivity index (χ3v) is 7.35. The van der Waals surface area contributed by atoms with E-state index in [0.29, 0.717) is 16.8 Å². The molecule has 4 rings (SSSR count). The Morgan fingerprint density at radius 1 is 0.833 bits per heavy atom. The smallest absolute Gasteiger partial charge is 0.206 e. The highest BCUT2D eigenvalue weighted by Crippen LogP contribution is 2.35. The maximum Gasteiger partial charge on any atom is 0.409 e. The minimum absolute atomic E-state index is 0.0109. The van der Waals surface area contributed by atoms with Gasteiger partial charge in [-0.05, 0) is 59.4 Å². The van der Waals surface area contributed by atoms with Crippen molar-refractivity contribution in [3.8, 4) is 11.1 Å². The summed E-state index contributed by atoms with van der Waals surface area (Å²) in [5, 5.41) is 1.03. The van der Waals surface area contributed by atoms with Gasteiger partial charge in [-0.1, -0.05) is 75.8 Å². The molecule has 0 bridgehead atoms. The number of hydrogen-bond donors (Lipinski definition) is 0. The second kappa shape index (κ2) is 11.1. The van der Waals surface area contributed by atoms with Crippen molar-refractivity contribution < 1.29 is 26.3 Å². The van der Waals surface area contributed by atoms with Crippen LogP contribution in [0.25, 0.3) is 28.0 Å². The second-order valence-corrected chi connectivity index (χ2v) is 9.93. The number of hydrogen-bond acceptors (Lipinski definition) is 0. The van der Waals surface area contributed by atoms with E-state index in [1.807, 2.05) is 12.1 Å². The Morgan fingerprint density at radius 2 is 1.47 bits per heavy atom. The van der Waals surface area contributed by atoms with Crippen LogP contribution >= 0.6 is 0 Å². The molecule has 1 aliphatic rings. The molecule has 1 aliphatic carbocycles. The molecule has 1 saturated carbocycles. The topological polar surface area (TPSA) is 0 Å². The Labute approximate surface area is 208 Å². The molecule has 6 heteroatoms. The Kier molecular flexibility index (Phi) is 8.11. The number of halogens is 6. The molecule has 0 spiro atoms. The van der Waals surface area contributed by atoms with Gasteiger partial charge < -0.3 is 0 Å². The summed E-state index contributed by atoms with van der Waals surface area (Å²) >= 11 is 0. The van der Waals surface area contributed by atoms with E-state index in [4.69, 9.17) is 0 Å². The van der Waals surface area contributed by atoms with E-state index in [0.717, 1.165) is 42.4 Å². The van der Waals surface area contributed by atoms with Crippen LogP contribution in [0.5, 0.6) is 0 Å². The first-order valence-electron chi connectivity index (χ1n) is 12.6. The summed E-state index contributed by atoms with van der Waals surface area (Å²) in [6, 6.07) is 10.4. The van der Waals surface area contributed by atoms with Crippen molar-refractivity contribution in [3.63, 3.8) is 0 Å². The zero-order valence-corrected chi connectivity index (χ0v) is 20.3. The summed E-state index contributed by atoms with van der Waals surface area (Å²) in [4.78, 5) is 0. The number of allylic oxidation sites excluding steroid dienone is 1. The van der Waals surface area contributed by atoms with Gasteiger partial charge in [0, 0.05) is 22.6 Å². The van der Waals surface area contributed by atoms with Crippen LogP contribution in [-0.2, 0) is 6.42 Å². The SMILES string of the molecule is CCCC1CCC(CCc2ccc3c(F)c(-c4cc(F)c(C=CC(F)(F)F)c(F)c4)ccc3c2)CC1. The van der Waals surface area contributed by atoms with E-state index >= 15 is 4.39 Å². The number of aryl methyl sites for hydroxylation is 1. The van der Waals surface area contributed by atoms with E-state index in [9.17, 15) is 22.0 Å². The molecule has 0 saturated heterocycles. The molecule has 0 nitrogen and oxygen atoms in total. The first-order valence-corrected chi connectivity index (χ1v) is 12.6. The van der Waals surface area contributed by atoms with Crippen LogP contribution in [0.1, 0.15) is 63.0 Å². The van der Waals surface area contributed by atoms with Gasteiger partial charge in [-0.2, -0.15) is 13.2 Å². The predicted molar refractivity (Wildman–Crippen MR) is 133 cm³/mol. The van der Waals surface area contributed by atoms with Crippen LogP contribution in [0.15, 0.2) is 48.5 Å². The highest BCUT2D eigenvalue weighted by atomic mass is 19.4. The molecule has 0 aliphatic heterocycles. The summed E-state index contributed by atoms with van der Waals surface area (Å²) in [5.74, 6) is -1.40. The molecule has 0 amide bonds. The van der Waals surface area contributed by atoms with Gasteiger partial charge in [-0.15, -0.1) is 0 Å². The van der Waals surface area contributed by atoms with E-state index in [-0.39, 0.29) is 17.2 Å². The lowest BCUT2D eigenvalue weighted by Crippen LogP contribution is -2.15. The quantitative estimate of drug-likeness (QED) is 0.281. The Morgan fingerprint density at radius 3 is 2.08 bits per heavy atom. The molecule has 0 heterocycles. The van der Waals surface area contributed by atoms with Crippen molar-refractivity contribution in [2.45, 2.75) is 64.5 Å². The Balaban J connectivity index is 1.50. The fourth-order valence-electron chi connectivity index (χ4n) is 5.38. The third kappa shape index (κ3) is 6.32. The first kappa shape index (κ1) is 26.3. The average Bonchev–Trinajstić information content (AvgIpc) is 2.82. The van der Waals surface area contributed by atoms with Gasteiger partial charge in [-0.25, -0.2) is 13.2 Å². The third-order valence-electron chi connectivity index (χ3n) is 7.35. The molecule has 192 valence electrons. The molecule has 0 aromatic heterocycles. The molecule has 36 heavy (non-hydrogen) atoms. The molecule has 3 aromatic rings. The number of fused-ring (bicyclic) bond motifs is 1. The monoisotopic (exact) mass is 504 g/mol. The fraction of sp³-hybridized carbons (Fsp3) is 0.400. The van der Waals surface area contributed by atoms with Crippen LogP contribution in [0.2, 0.25) is 0 Å². The average molecular weight is 505 g/mol. The maximum absolute atomic E-state index is 15.3. The van der Waals surface area contributed by atoms with Gasteiger partial charge >= 0.3 is 6.18 Å². The Hall–Kier alpha value is -2.76. The first-order chi connectivity index (χ1) is 17.1. The van der Waals surface area contributed by atoms with Crippen molar-refractivity contribution in [1.29, 1.82) is 0 Å². The van der Waals surface area contributed by atoms with Gasteiger partial charge in [0.2, 0.25) is 0 Å². The lowest BCUT2D eigenvalue weighted by atomic mass is 9.78. The molecule has 0 radical (unpaired) electrons. The highest BCUT2D eigenvalue weighted by molar-refractivity contribution is 5.89. The highest BCUT2D eigenvalue weighted by Gasteiger charge is 2.23.